The maximum absolute atomic E-state index is 13.5. The number of amides is 3. The minimum Gasteiger partial charge on any atom is -0.368 e. The van der Waals surface area contributed by atoms with Gasteiger partial charge in [0.2, 0.25) is 11.8 Å². The first kappa shape index (κ1) is 19.8. The SMILES string of the molecule is O=C(C(c1ccccc1)N1C(=O)CCC1=O)N1CCN(c2ccc3sccc3c2)CC1. The molecule has 0 N–H and O–H groups in total. The van der Waals surface area contributed by atoms with E-state index in [4.69, 9.17) is 0 Å². The summed E-state index contributed by atoms with van der Waals surface area (Å²) in [4.78, 5) is 43.6. The molecule has 0 aliphatic carbocycles. The molecule has 0 saturated carbocycles. The molecule has 6 nitrogen and oxygen atoms in total. The Morgan fingerprint density at radius 1 is 0.871 bits per heavy atom. The summed E-state index contributed by atoms with van der Waals surface area (Å²) >= 11 is 1.73. The molecule has 2 saturated heterocycles. The van der Waals surface area contributed by atoms with Gasteiger partial charge >= 0.3 is 0 Å². The molecule has 0 radical (unpaired) electrons. The second-order valence-corrected chi connectivity index (χ2v) is 8.87. The highest BCUT2D eigenvalue weighted by Crippen LogP contribution is 2.30. The first-order valence-electron chi connectivity index (χ1n) is 10.5. The van der Waals surface area contributed by atoms with E-state index in [1.165, 1.54) is 15.0 Å². The monoisotopic (exact) mass is 433 g/mol. The van der Waals surface area contributed by atoms with Gasteiger partial charge in [-0.05, 0) is 40.6 Å². The van der Waals surface area contributed by atoms with Crippen molar-refractivity contribution >= 4 is 44.8 Å². The third-order valence-corrected chi connectivity index (χ3v) is 6.99. The third-order valence-electron chi connectivity index (χ3n) is 6.09. The topological polar surface area (TPSA) is 60.9 Å². The van der Waals surface area contributed by atoms with Gasteiger partial charge in [-0.25, -0.2) is 0 Å². The molecular formula is C24H23N3O3S. The van der Waals surface area contributed by atoms with Gasteiger partial charge in [0.15, 0.2) is 0 Å². The van der Waals surface area contributed by atoms with Crippen LogP contribution in [0.1, 0.15) is 24.4 Å². The Morgan fingerprint density at radius 2 is 1.58 bits per heavy atom. The molecule has 3 aromatic rings. The Bertz CT molecular complexity index is 1120. The second-order valence-electron chi connectivity index (χ2n) is 7.93. The highest BCUT2D eigenvalue weighted by Gasteiger charge is 2.41. The van der Waals surface area contributed by atoms with Gasteiger partial charge < -0.3 is 9.80 Å². The van der Waals surface area contributed by atoms with Crippen molar-refractivity contribution in [1.82, 2.24) is 9.80 Å². The minimum absolute atomic E-state index is 0.175. The molecule has 3 heterocycles. The molecule has 0 spiro atoms. The molecule has 1 unspecified atom stereocenters. The lowest BCUT2D eigenvalue weighted by Crippen LogP contribution is -2.53. The van der Waals surface area contributed by atoms with Gasteiger partial charge in [-0.2, -0.15) is 0 Å². The predicted molar refractivity (Wildman–Crippen MR) is 121 cm³/mol. The van der Waals surface area contributed by atoms with E-state index in [2.05, 4.69) is 34.5 Å². The van der Waals surface area contributed by atoms with Crippen molar-refractivity contribution < 1.29 is 14.4 Å². The number of hydrogen-bond acceptors (Lipinski definition) is 5. The zero-order valence-electron chi connectivity index (χ0n) is 17.1. The van der Waals surface area contributed by atoms with Crippen molar-refractivity contribution in [2.45, 2.75) is 18.9 Å². The first-order valence-corrected chi connectivity index (χ1v) is 11.4. The number of imide groups is 1. The zero-order chi connectivity index (χ0) is 21.4. The van der Waals surface area contributed by atoms with E-state index >= 15 is 0 Å². The minimum atomic E-state index is -0.877. The van der Waals surface area contributed by atoms with E-state index in [-0.39, 0.29) is 30.6 Å². The van der Waals surface area contributed by atoms with Gasteiger partial charge in [0, 0.05) is 49.4 Å². The fourth-order valence-electron chi connectivity index (χ4n) is 4.43. The number of anilines is 1. The number of carbonyl (C=O) groups is 3. The van der Waals surface area contributed by atoms with Crippen LogP contribution in [0.3, 0.4) is 0 Å². The van der Waals surface area contributed by atoms with Gasteiger partial charge in [0.25, 0.3) is 5.91 Å². The van der Waals surface area contributed by atoms with Crippen molar-refractivity contribution in [3.05, 3.63) is 65.5 Å². The lowest BCUT2D eigenvalue weighted by molar-refractivity contribution is -0.151. The highest BCUT2D eigenvalue weighted by molar-refractivity contribution is 7.17. The molecule has 1 aromatic heterocycles. The number of piperazine rings is 1. The van der Waals surface area contributed by atoms with Crippen LogP contribution < -0.4 is 4.90 Å². The van der Waals surface area contributed by atoms with Gasteiger partial charge in [-0.15, -0.1) is 11.3 Å². The number of rotatable bonds is 4. The molecule has 3 amide bonds. The van der Waals surface area contributed by atoms with E-state index in [0.717, 1.165) is 5.69 Å². The van der Waals surface area contributed by atoms with E-state index in [1.807, 2.05) is 30.3 Å². The molecule has 1 atom stereocenters. The number of carbonyl (C=O) groups excluding carboxylic acids is 3. The first-order chi connectivity index (χ1) is 15.1. The van der Waals surface area contributed by atoms with E-state index in [0.29, 0.717) is 31.7 Å². The molecule has 2 aliphatic heterocycles. The van der Waals surface area contributed by atoms with Crippen LogP contribution in [0.25, 0.3) is 10.1 Å². The smallest absolute Gasteiger partial charge is 0.250 e. The van der Waals surface area contributed by atoms with Gasteiger partial charge in [0.05, 0.1) is 0 Å². The summed E-state index contributed by atoms with van der Waals surface area (Å²) in [6.07, 6.45) is 0.350. The summed E-state index contributed by atoms with van der Waals surface area (Å²) in [5.74, 6) is -0.715. The van der Waals surface area contributed by atoms with Crippen molar-refractivity contribution in [1.29, 1.82) is 0 Å². The highest BCUT2D eigenvalue weighted by atomic mass is 32.1. The van der Waals surface area contributed by atoms with Crippen LogP contribution in [0.2, 0.25) is 0 Å². The largest absolute Gasteiger partial charge is 0.368 e. The standard InChI is InChI=1S/C24H23N3O3S/c28-21-8-9-22(29)27(21)23(17-4-2-1-3-5-17)24(30)26-13-11-25(12-14-26)19-6-7-20-18(16-19)10-15-31-20/h1-7,10,15-16,23H,8-9,11-14H2. The number of hydrogen-bond donors (Lipinski definition) is 0. The number of likely N-dealkylation sites (tertiary alicyclic amines) is 1. The van der Waals surface area contributed by atoms with Crippen molar-refractivity contribution in [2.75, 3.05) is 31.1 Å². The number of thiophene rings is 1. The maximum atomic E-state index is 13.5. The molecule has 2 aliphatic rings. The van der Waals surface area contributed by atoms with Gasteiger partial charge in [-0.3, -0.25) is 19.3 Å². The molecule has 5 rings (SSSR count). The lowest BCUT2D eigenvalue weighted by Gasteiger charge is -2.39. The summed E-state index contributed by atoms with van der Waals surface area (Å²) in [5.41, 5.74) is 1.84. The van der Waals surface area contributed by atoms with Crippen LogP contribution >= 0.6 is 11.3 Å². The lowest BCUT2D eigenvalue weighted by atomic mass is 10.0. The van der Waals surface area contributed by atoms with Crippen LogP contribution in [0.15, 0.2) is 60.0 Å². The Kier molecular flexibility index (Phi) is 5.19. The number of benzene rings is 2. The second kappa shape index (κ2) is 8.15. The number of fused-ring (bicyclic) bond motifs is 1. The average Bonchev–Trinajstić information content (AvgIpc) is 3.41. The average molecular weight is 434 g/mol. The normalized spacial score (nSPS) is 18.1. The van der Waals surface area contributed by atoms with Gasteiger partial charge in [0.1, 0.15) is 6.04 Å². The Hall–Kier alpha value is -3.19. The van der Waals surface area contributed by atoms with Crippen LogP contribution in [0, 0.1) is 0 Å². The maximum Gasteiger partial charge on any atom is 0.250 e. The quantitative estimate of drug-likeness (QED) is 0.592. The predicted octanol–water partition coefficient (Wildman–Crippen LogP) is 3.44. The fourth-order valence-corrected chi connectivity index (χ4v) is 5.20. The number of nitrogens with zero attached hydrogens (tertiary/aromatic N) is 3. The van der Waals surface area contributed by atoms with E-state index in [1.54, 1.807) is 16.2 Å². The molecule has 7 heteroatoms. The summed E-state index contributed by atoms with van der Waals surface area (Å²) in [6.45, 7) is 2.54. The van der Waals surface area contributed by atoms with Crippen molar-refractivity contribution in [3.8, 4) is 0 Å². The molecule has 2 fully saturated rings. The Balaban J connectivity index is 1.34. The molecular weight excluding hydrogens is 410 g/mol. The van der Waals surface area contributed by atoms with Gasteiger partial charge in [-0.1, -0.05) is 30.3 Å². The summed E-state index contributed by atoms with van der Waals surface area (Å²) in [5, 5.41) is 3.33. The summed E-state index contributed by atoms with van der Waals surface area (Å²) in [7, 11) is 0. The fraction of sp³-hybridized carbons (Fsp3) is 0.292. The molecule has 31 heavy (non-hydrogen) atoms. The van der Waals surface area contributed by atoms with Crippen molar-refractivity contribution in [3.63, 3.8) is 0 Å². The third kappa shape index (κ3) is 3.70. The van der Waals surface area contributed by atoms with Crippen molar-refractivity contribution in [2.24, 2.45) is 0 Å². The Labute approximate surface area is 184 Å². The zero-order valence-corrected chi connectivity index (χ0v) is 17.9. The van der Waals surface area contributed by atoms with Crippen LogP contribution in [0.5, 0.6) is 0 Å². The summed E-state index contributed by atoms with van der Waals surface area (Å²) in [6, 6.07) is 16.9. The molecule has 0 bridgehead atoms. The van der Waals surface area contributed by atoms with E-state index < -0.39 is 6.04 Å². The summed E-state index contributed by atoms with van der Waals surface area (Å²) < 4.78 is 1.27. The van der Waals surface area contributed by atoms with Crippen LogP contribution in [-0.4, -0.2) is 53.7 Å². The van der Waals surface area contributed by atoms with Crippen LogP contribution in [0.4, 0.5) is 5.69 Å². The van der Waals surface area contributed by atoms with E-state index in [9.17, 15) is 14.4 Å². The molecule has 2 aromatic carbocycles. The Morgan fingerprint density at radius 3 is 2.29 bits per heavy atom. The molecule has 158 valence electrons. The van der Waals surface area contributed by atoms with Crippen LogP contribution in [-0.2, 0) is 14.4 Å².